The topological polar surface area (TPSA) is 64.1 Å². The van der Waals surface area contributed by atoms with Gasteiger partial charge < -0.3 is 4.90 Å². The molecule has 104 valence electrons. The van der Waals surface area contributed by atoms with Crippen LogP contribution in [0.1, 0.15) is 11.1 Å². The van der Waals surface area contributed by atoms with Crippen molar-refractivity contribution in [1.29, 1.82) is 0 Å². The highest BCUT2D eigenvalue weighted by Gasteiger charge is 2.16. The lowest BCUT2D eigenvalue weighted by Gasteiger charge is -2.21. The van der Waals surface area contributed by atoms with Gasteiger partial charge in [0.1, 0.15) is 17.3 Å². The Bertz CT molecular complexity index is 760. The van der Waals surface area contributed by atoms with Crippen molar-refractivity contribution < 1.29 is 0 Å². The summed E-state index contributed by atoms with van der Waals surface area (Å²) in [5.74, 6) is 1.37. The first-order chi connectivity index (χ1) is 9.56. The van der Waals surface area contributed by atoms with E-state index in [1.807, 2.05) is 33.4 Å². The number of rotatable bonds is 3. The van der Waals surface area contributed by atoms with Crippen LogP contribution in [0.3, 0.4) is 0 Å². The third-order valence-corrected chi connectivity index (χ3v) is 3.48. The van der Waals surface area contributed by atoms with E-state index in [1.54, 1.807) is 9.20 Å². The Balaban J connectivity index is 2.04. The fraction of sp³-hybridized carbons (Fsp3) is 0.333. The molecule has 3 heterocycles. The number of nitrogens with zero attached hydrogens (tertiary/aromatic N) is 7. The molecule has 0 unspecified atom stereocenters. The minimum absolute atomic E-state index is 0.443. The van der Waals surface area contributed by atoms with E-state index < -0.39 is 0 Å². The molecule has 3 aromatic heterocycles. The van der Waals surface area contributed by atoms with Crippen LogP contribution in [-0.4, -0.2) is 36.4 Å². The van der Waals surface area contributed by atoms with Crippen molar-refractivity contribution in [1.82, 2.24) is 29.4 Å². The largest absolute Gasteiger partial charge is 0.355 e. The van der Waals surface area contributed by atoms with Gasteiger partial charge in [-0.15, -0.1) is 0 Å². The van der Waals surface area contributed by atoms with Crippen LogP contribution in [0.25, 0.3) is 5.78 Å². The highest BCUT2D eigenvalue weighted by molar-refractivity contribution is 6.30. The lowest BCUT2D eigenvalue weighted by Crippen LogP contribution is -2.21. The molecule has 20 heavy (non-hydrogen) atoms. The van der Waals surface area contributed by atoms with Crippen molar-refractivity contribution in [3.05, 3.63) is 35.0 Å². The lowest BCUT2D eigenvalue weighted by molar-refractivity contribution is 0.765. The van der Waals surface area contributed by atoms with Crippen LogP contribution in [0.5, 0.6) is 0 Å². The summed E-state index contributed by atoms with van der Waals surface area (Å²) in [5.41, 5.74) is 1.98. The summed E-state index contributed by atoms with van der Waals surface area (Å²) in [6.45, 7) is 2.62. The molecule has 0 saturated carbocycles. The Morgan fingerprint density at radius 3 is 2.85 bits per heavy atom. The van der Waals surface area contributed by atoms with Crippen molar-refractivity contribution in [3.8, 4) is 0 Å². The summed E-state index contributed by atoms with van der Waals surface area (Å²) in [6, 6.07) is 0. The number of halogens is 1. The van der Waals surface area contributed by atoms with Crippen LogP contribution in [-0.2, 0) is 13.6 Å². The van der Waals surface area contributed by atoms with Gasteiger partial charge in [0, 0.05) is 38.0 Å². The van der Waals surface area contributed by atoms with Crippen molar-refractivity contribution in [3.63, 3.8) is 0 Å². The first-order valence-electron chi connectivity index (χ1n) is 6.10. The second-order valence-electron chi connectivity index (χ2n) is 4.70. The highest BCUT2D eigenvalue weighted by Crippen LogP contribution is 2.25. The summed E-state index contributed by atoms with van der Waals surface area (Å²) in [7, 11) is 3.88. The van der Waals surface area contributed by atoms with Gasteiger partial charge in [-0.1, -0.05) is 11.6 Å². The zero-order valence-corrected chi connectivity index (χ0v) is 12.2. The molecule has 0 N–H and O–H groups in total. The molecule has 3 aromatic rings. The molecule has 0 bridgehead atoms. The standard InChI is InChI=1S/C12H14ClN7/c1-8-10(13)17-12-14-7-16-20(12)11(8)18(2)5-9-4-15-19(3)6-9/h4,6-7H,5H2,1-3H3. The van der Waals surface area contributed by atoms with Crippen LogP contribution < -0.4 is 4.90 Å². The van der Waals surface area contributed by atoms with Gasteiger partial charge in [0.15, 0.2) is 0 Å². The number of hydrogen-bond acceptors (Lipinski definition) is 5. The van der Waals surface area contributed by atoms with Crippen molar-refractivity contribution in [2.45, 2.75) is 13.5 Å². The summed E-state index contributed by atoms with van der Waals surface area (Å²) < 4.78 is 3.47. The fourth-order valence-corrected chi connectivity index (χ4v) is 2.39. The van der Waals surface area contributed by atoms with Crippen LogP contribution in [0, 0.1) is 6.92 Å². The van der Waals surface area contributed by atoms with Crippen LogP contribution >= 0.6 is 11.6 Å². The molecule has 0 atom stereocenters. The number of fused-ring (bicyclic) bond motifs is 1. The fourth-order valence-electron chi connectivity index (χ4n) is 2.23. The van der Waals surface area contributed by atoms with E-state index >= 15 is 0 Å². The average molecular weight is 292 g/mol. The number of hydrogen-bond donors (Lipinski definition) is 0. The number of aromatic nitrogens is 6. The summed E-state index contributed by atoms with van der Waals surface area (Å²) in [4.78, 5) is 10.3. The monoisotopic (exact) mass is 291 g/mol. The van der Waals surface area contributed by atoms with Crippen molar-refractivity contribution in [2.75, 3.05) is 11.9 Å². The second-order valence-corrected chi connectivity index (χ2v) is 5.06. The molecule has 0 aromatic carbocycles. The van der Waals surface area contributed by atoms with Gasteiger partial charge in [0.05, 0.1) is 6.20 Å². The molecule has 0 spiro atoms. The van der Waals surface area contributed by atoms with Gasteiger partial charge in [0.2, 0.25) is 0 Å². The maximum Gasteiger partial charge on any atom is 0.255 e. The SMILES string of the molecule is Cc1c(Cl)nc2ncnn2c1N(C)Cc1cnn(C)c1. The van der Waals surface area contributed by atoms with E-state index in [1.165, 1.54) is 6.33 Å². The summed E-state index contributed by atoms with van der Waals surface area (Å²) >= 11 is 6.17. The zero-order valence-electron chi connectivity index (χ0n) is 11.4. The predicted molar refractivity (Wildman–Crippen MR) is 75.8 cm³/mol. The maximum absolute atomic E-state index is 6.17. The number of aryl methyl sites for hydroxylation is 1. The molecule has 0 aliphatic carbocycles. The van der Waals surface area contributed by atoms with Gasteiger partial charge in [-0.3, -0.25) is 4.68 Å². The van der Waals surface area contributed by atoms with Crippen molar-refractivity contribution >= 4 is 23.2 Å². The molecular weight excluding hydrogens is 278 g/mol. The number of anilines is 1. The third kappa shape index (κ3) is 2.09. The van der Waals surface area contributed by atoms with Gasteiger partial charge in [-0.05, 0) is 6.92 Å². The predicted octanol–water partition coefficient (Wildman–Crippen LogP) is 1.46. The van der Waals surface area contributed by atoms with E-state index in [0.717, 1.165) is 16.9 Å². The smallest absolute Gasteiger partial charge is 0.255 e. The third-order valence-electron chi connectivity index (χ3n) is 3.11. The van der Waals surface area contributed by atoms with Gasteiger partial charge in [-0.25, -0.2) is 0 Å². The van der Waals surface area contributed by atoms with Crippen LogP contribution in [0.15, 0.2) is 18.7 Å². The van der Waals surface area contributed by atoms with Gasteiger partial charge in [0.25, 0.3) is 5.78 Å². The molecule has 0 aliphatic rings. The van der Waals surface area contributed by atoms with Gasteiger partial charge in [-0.2, -0.15) is 24.7 Å². The molecule has 0 saturated heterocycles. The molecular formula is C12H14ClN7. The Morgan fingerprint density at radius 2 is 2.15 bits per heavy atom. The Labute approximate surface area is 120 Å². The second kappa shape index (κ2) is 4.75. The summed E-state index contributed by atoms with van der Waals surface area (Å²) in [5, 5.41) is 8.83. The van der Waals surface area contributed by atoms with Gasteiger partial charge >= 0.3 is 0 Å². The Kier molecular flexibility index (Phi) is 3.06. The first-order valence-corrected chi connectivity index (χ1v) is 6.48. The average Bonchev–Trinajstić information content (AvgIpc) is 2.99. The molecule has 0 fully saturated rings. The summed E-state index contributed by atoms with van der Waals surface area (Å²) in [6.07, 6.45) is 5.29. The van der Waals surface area contributed by atoms with E-state index in [4.69, 9.17) is 11.6 Å². The van der Waals surface area contributed by atoms with E-state index in [9.17, 15) is 0 Å². The molecule has 0 aliphatic heterocycles. The molecule has 8 heteroatoms. The molecule has 0 radical (unpaired) electrons. The molecule has 0 amide bonds. The first kappa shape index (κ1) is 12.9. The minimum atomic E-state index is 0.443. The highest BCUT2D eigenvalue weighted by atomic mass is 35.5. The molecule has 7 nitrogen and oxygen atoms in total. The van der Waals surface area contributed by atoms with E-state index in [0.29, 0.717) is 17.5 Å². The maximum atomic E-state index is 6.17. The van der Waals surface area contributed by atoms with E-state index in [-0.39, 0.29) is 0 Å². The normalized spacial score (nSPS) is 11.2. The van der Waals surface area contributed by atoms with Crippen molar-refractivity contribution in [2.24, 2.45) is 7.05 Å². The van der Waals surface area contributed by atoms with Crippen LogP contribution in [0.4, 0.5) is 5.82 Å². The Hall–Kier alpha value is -2.15. The minimum Gasteiger partial charge on any atom is -0.355 e. The quantitative estimate of drug-likeness (QED) is 0.684. The van der Waals surface area contributed by atoms with E-state index in [2.05, 4.69) is 25.1 Å². The molecule has 3 rings (SSSR count). The van der Waals surface area contributed by atoms with Crippen LogP contribution in [0.2, 0.25) is 5.15 Å². The lowest BCUT2D eigenvalue weighted by atomic mass is 10.3. The Morgan fingerprint density at radius 1 is 1.35 bits per heavy atom. The zero-order chi connectivity index (χ0) is 14.3.